The number of hydrogen-bond acceptors (Lipinski definition) is 3. The van der Waals surface area contributed by atoms with Gasteiger partial charge in [0.15, 0.2) is 5.82 Å². The molecule has 26 heavy (non-hydrogen) atoms. The molecule has 0 aliphatic heterocycles. The third-order valence-corrected chi connectivity index (χ3v) is 4.50. The highest BCUT2D eigenvalue weighted by atomic mass is 35.5. The lowest BCUT2D eigenvalue weighted by Crippen LogP contribution is -2.15. The van der Waals surface area contributed by atoms with E-state index in [-0.39, 0.29) is 12.3 Å². The summed E-state index contributed by atoms with van der Waals surface area (Å²) in [7, 11) is 1.46. The summed E-state index contributed by atoms with van der Waals surface area (Å²) in [4.78, 5) is 12.2. The molecule has 3 rings (SSSR count). The van der Waals surface area contributed by atoms with E-state index in [9.17, 15) is 9.18 Å². The van der Waals surface area contributed by atoms with E-state index in [1.54, 1.807) is 24.3 Å². The van der Waals surface area contributed by atoms with Gasteiger partial charge in [0.05, 0.1) is 29.3 Å². The Morgan fingerprint density at radius 3 is 2.85 bits per heavy atom. The average Bonchev–Trinajstić information content (AvgIpc) is 3.05. The number of nitrogens with zero attached hydrogens (tertiary/aromatic N) is 1. The van der Waals surface area contributed by atoms with Crippen LogP contribution in [0, 0.1) is 5.82 Å². The zero-order valence-corrected chi connectivity index (χ0v) is 15.2. The molecule has 0 saturated carbocycles. The lowest BCUT2D eigenvalue weighted by molar-refractivity contribution is -0.115. The molecule has 0 unspecified atom stereocenters. The maximum atomic E-state index is 13.4. The average molecular weight is 394 g/mol. The van der Waals surface area contributed by atoms with Gasteiger partial charge in [0.2, 0.25) is 5.91 Å². The number of hydrogen-bond donors (Lipinski definition) is 2. The predicted molar refractivity (Wildman–Crippen MR) is 99.3 cm³/mol. The zero-order chi connectivity index (χ0) is 18.7. The van der Waals surface area contributed by atoms with Crippen molar-refractivity contribution >= 4 is 34.9 Å². The number of benzene rings is 2. The van der Waals surface area contributed by atoms with Crippen molar-refractivity contribution in [3.63, 3.8) is 0 Å². The summed E-state index contributed by atoms with van der Waals surface area (Å²) in [5.74, 6) is -0.0400. The van der Waals surface area contributed by atoms with E-state index in [0.29, 0.717) is 38.4 Å². The summed E-state index contributed by atoms with van der Waals surface area (Å²) in [5, 5.41) is 10.3. The number of halogens is 3. The van der Waals surface area contributed by atoms with Crippen LogP contribution in [0.4, 0.5) is 10.2 Å². The third-order valence-electron chi connectivity index (χ3n) is 3.68. The molecular formula is C18H14Cl2FN3O2. The van der Waals surface area contributed by atoms with Crippen molar-refractivity contribution < 1.29 is 13.9 Å². The maximum absolute atomic E-state index is 13.4. The minimum Gasteiger partial charge on any atom is -0.496 e. The fourth-order valence-corrected chi connectivity index (χ4v) is 2.88. The van der Waals surface area contributed by atoms with Gasteiger partial charge < -0.3 is 10.1 Å². The first-order chi connectivity index (χ1) is 12.5. The van der Waals surface area contributed by atoms with Crippen molar-refractivity contribution in [2.75, 3.05) is 12.4 Å². The van der Waals surface area contributed by atoms with Gasteiger partial charge in [-0.2, -0.15) is 5.10 Å². The fourth-order valence-electron chi connectivity index (χ4n) is 2.48. The van der Waals surface area contributed by atoms with Crippen molar-refractivity contribution in [3.8, 4) is 17.0 Å². The molecule has 3 aromatic rings. The minimum atomic E-state index is -0.439. The van der Waals surface area contributed by atoms with Crippen LogP contribution >= 0.6 is 23.2 Å². The van der Waals surface area contributed by atoms with Crippen LogP contribution in [0.25, 0.3) is 11.3 Å². The van der Waals surface area contributed by atoms with E-state index < -0.39 is 5.82 Å². The second-order valence-corrected chi connectivity index (χ2v) is 6.23. The predicted octanol–water partition coefficient (Wildman–Crippen LogP) is 4.71. The van der Waals surface area contributed by atoms with Gasteiger partial charge in [-0.1, -0.05) is 35.3 Å². The molecule has 0 aliphatic carbocycles. The lowest BCUT2D eigenvalue weighted by Gasteiger charge is -2.08. The zero-order valence-electron chi connectivity index (χ0n) is 13.6. The van der Waals surface area contributed by atoms with Crippen LogP contribution in [0.2, 0.25) is 10.0 Å². The normalized spacial score (nSPS) is 10.6. The number of anilines is 1. The quantitative estimate of drug-likeness (QED) is 0.659. The molecule has 0 radical (unpaired) electrons. The summed E-state index contributed by atoms with van der Waals surface area (Å²) in [6.45, 7) is 0. The van der Waals surface area contributed by atoms with E-state index in [1.807, 2.05) is 0 Å². The van der Waals surface area contributed by atoms with Gasteiger partial charge in [-0.3, -0.25) is 9.89 Å². The highest BCUT2D eigenvalue weighted by Crippen LogP contribution is 2.33. The molecule has 8 heteroatoms. The molecule has 0 spiro atoms. The Kier molecular flexibility index (Phi) is 5.44. The van der Waals surface area contributed by atoms with Crippen molar-refractivity contribution in [1.29, 1.82) is 0 Å². The maximum Gasteiger partial charge on any atom is 0.230 e. The van der Waals surface area contributed by atoms with Gasteiger partial charge in [0.1, 0.15) is 11.6 Å². The molecule has 1 aromatic heterocycles. The highest BCUT2D eigenvalue weighted by molar-refractivity contribution is 6.43. The van der Waals surface area contributed by atoms with Crippen LogP contribution < -0.4 is 10.1 Å². The van der Waals surface area contributed by atoms with Crippen LogP contribution in [0.3, 0.4) is 0 Å². The number of rotatable bonds is 5. The van der Waals surface area contributed by atoms with Gasteiger partial charge in [0.25, 0.3) is 0 Å². The van der Waals surface area contributed by atoms with E-state index in [1.165, 1.54) is 25.3 Å². The second-order valence-electron chi connectivity index (χ2n) is 5.45. The Hall–Kier alpha value is -2.57. The highest BCUT2D eigenvalue weighted by Gasteiger charge is 2.14. The Morgan fingerprint density at radius 1 is 1.27 bits per heavy atom. The number of ether oxygens (including phenoxy) is 1. The Labute approximate surface area is 159 Å². The summed E-state index contributed by atoms with van der Waals surface area (Å²) in [6.07, 6.45) is -0.0545. The molecular weight excluding hydrogens is 380 g/mol. The molecule has 2 N–H and O–H groups in total. The molecule has 0 atom stereocenters. The molecule has 0 aliphatic rings. The first-order valence-electron chi connectivity index (χ1n) is 7.60. The van der Waals surface area contributed by atoms with Crippen molar-refractivity contribution in [2.45, 2.75) is 6.42 Å². The molecule has 134 valence electrons. The Balaban J connectivity index is 1.74. The van der Waals surface area contributed by atoms with Crippen LogP contribution in [0.5, 0.6) is 5.75 Å². The summed E-state index contributed by atoms with van der Waals surface area (Å²) in [5.41, 5.74) is 1.72. The van der Waals surface area contributed by atoms with Gasteiger partial charge in [-0.25, -0.2) is 4.39 Å². The molecule has 0 bridgehead atoms. The monoisotopic (exact) mass is 393 g/mol. The fraction of sp³-hybridized carbons (Fsp3) is 0.111. The van der Waals surface area contributed by atoms with Gasteiger partial charge in [0, 0.05) is 17.2 Å². The van der Waals surface area contributed by atoms with Crippen LogP contribution in [-0.4, -0.2) is 23.2 Å². The smallest absolute Gasteiger partial charge is 0.230 e. The van der Waals surface area contributed by atoms with E-state index >= 15 is 0 Å². The number of nitrogens with one attached hydrogen (secondary N) is 2. The van der Waals surface area contributed by atoms with E-state index in [4.69, 9.17) is 27.9 Å². The van der Waals surface area contributed by atoms with Crippen LogP contribution in [0.15, 0.2) is 42.5 Å². The number of carbonyl (C=O) groups excluding carboxylic acids is 1. The number of aromatic nitrogens is 2. The number of aromatic amines is 1. The summed E-state index contributed by atoms with van der Waals surface area (Å²) in [6, 6.07) is 10.9. The Morgan fingerprint density at radius 2 is 2.08 bits per heavy atom. The van der Waals surface area contributed by atoms with E-state index in [0.717, 1.165) is 0 Å². The van der Waals surface area contributed by atoms with Crippen molar-refractivity contribution in [2.24, 2.45) is 0 Å². The van der Waals surface area contributed by atoms with Gasteiger partial charge >= 0.3 is 0 Å². The largest absolute Gasteiger partial charge is 0.496 e. The van der Waals surface area contributed by atoms with Crippen molar-refractivity contribution in [3.05, 3.63) is 63.9 Å². The summed E-state index contributed by atoms with van der Waals surface area (Å²) >= 11 is 12.2. The van der Waals surface area contributed by atoms with Crippen LogP contribution in [0.1, 0.15) is 5.56 Å². The molecule has 2 aromatic carbocycles. The van der Waals surface area contributed by atoms with Crippen molar-refractivity contribution in [1.82, 2.24) is 10.2 Å². The number of carbonyl (C=O) groups is 1. The molecule has 0 saturated heterocycles. The molecule has 5 nitrogen and oxygen atoms in total. The minimum absolute atomic E-state index is 0.0545. The first kappa shape index (κ1) is 18.2. The number of H-pyrrole nitrogens is 1. The first-order valence-corrected chi connectivity index (χ1v) is 8.35. The Bertz CT molecular complexity index is 959. The second kappa shape index (κ2) is 7.76. The van der Waals surface area contributed by atoms with Gasteiger partial charge in [-0.05, 0) is 24.3 Å². The lowest BCUT2D eigenvalue weighted by atomic mass is 10.1. The number of amides is 1. The summed E-state index contributed by atoms with van der Waals surface area (Å²) < 4.78 is 18.5. The topological polar surface area (TPSA) is 67.0 Å². The number of methoxy groups -OCH3 is 1. The third kappa shape index (κ3) is 3.98. The molecule has 0 fully saturated rings. The van der Waals surface area contributed by atoms with Gasteiger partial charge in [-0.15, -0.1) is 0 Å². The SMILES string of the molecule is COc1ccc(F)cc1CC(=O)Nc1cc(-c2cccc(Cl)c2Cl)[nH]n1. The van der Waals surface area contributed by atoms with E-state index in [2.05, 4.69) is 15.5 Å². The molecule has 1 amide bonds. The standard InChI is InChI=1S/C18H14Cl2FN3O2/c1-26-15-6-5-11(21)7-10(15)8-17(25)22-16-9-14(23-24-16)12-3-2-4-13(19)18(12)20/h2-7,9H,8H2,1H3,(H2,22,23,24,25). The van der Waals surface area contributed by atoms with Crippen LogP contribution in [-0.2, 0) is 11.2 Å². The molecule has 1 heterocycles.